The molecule has 1 aromatic heterocycles. The Morgan fingerprint density at radius 3 is 2.00 bits per heavy atom. The lowest BCUT2D eigenvalue weighted by atomic mass is 10.2. The first-order chi connectivity index (χ1) is 12.4. The average Bonchev–Trinajstić information content (AvgIpc) is 2.94. The third kappa shape index (κ3) is 3.89. The number of nitrogens with zero attached hydrogens (tertiary/aromatic N) is 2. The number of carbonyl (C=O) groups is 2. The second-order valence-corrected chi connectivity index (χ2v) is 5.91. The van der Waals surface area contributed by atoms with Crippen LogP contribution < -0.4 is 16.4 Å². The molecule has 0 saturated carbocycles. The summed E-state index contributed by atoms with van der Waals surface area (Å²) >= 11 is 0. The van der Waals surface area contributed by atoms with Gasteiger partial charge in [-0.25, -0.2) is 9.48 Å². The Morgan fingerprint density at radius 2 is 1.50 bits per heavy atom. The number of nitrogens with one attached hydrogen (secondary N) is 2. The van der Waals surface area contributed by atoms with Crippen molar-refractivity contribution in [1.82, 2.24) is 9.78 Å². The number of hydrogen-bond donors (Lipinski definition) is 3. The molecular weight excluding hydrogens is 330 g/mol. The van der Waals surface area contributed by atoms with Crippen LogP contribution in [-0.2, 0) is 0 Å². The summed E-state index contributed by atoms with van der Waals surface area (Å²) in [6.45, 7) is 3.92. The number of nitrogens with two attached hydrogens (primary N) is 1. The van der Waals surface area contributed by atoms with Crippen LogP contribution in [0.5, 0.6) is 0 Å². The summed E-state index contributed by atoms with van der Waals surface area (Å²) in [5.41, 5.74) is 9.65. The SMILES string of the molecule is Cc1cc(C)n(-c2ccc(C(=O)Nc3ccc(NC(N)=O)cc3)cc2)n1. The quantitative estimate of drug-likeness (QED) is 0.674. The third-order valence-electron chi connectivity index (χ3n) is 3.79. The highest BCUT2D eigenvalue weighted by atomic mass is 16.2. The van der Waals surface area contributed by atoms with Crippen molar-refractivity contribution in [2.24, 2.45) is 5.73 Å². The molecule has 26 heavy (non-hydrogen) atoms. The molecule has 0 spiro atoms. The summed E-state index contributed by atoms with van der Waals surface area (Å²) in [7, 11) is 0. The highest BCUT2D eigenvalue weighted by Gasteiger charge is 2.08. The van der Waals surface area contributed by atoms with E-state index in [0.29, 0.717) is 16.9 Å². The van der Waals surface area contributed by atoms with Gasteiger partial charge in [0.15, 0.2) is 0 Å². The van der Waals surface area contributed by atoms with Gasteiger partial charge < -0.3 is 16.4 Å². The fourth-order valence-electron chi connectivity index (χ4n) is 2.63. The van der Waals surface area contributed by atoms with Gasteiger partial charge in [0.25, 0.3) is 5.91 Å². The molecule has 3 rings (SSSR count). The summed E-state index contributed by atoms with van der Waals surface area (Å²) in [5, 5.41) is 9.70. The molecule has 0 fully saturated rings. The fraction of sp³-hybridized carbons (Fsp3) is 0.105. The maximum atomic E-state index is 12.4. The molecular formula is C19H19N5O2. The Morgan fingerprint density at radius 1 is 0.923 bits per heavy atom. The lowest BCUT2D eigenvalue weighted by Crippen LogP contribution is -2.19. The summed E-state index contributed by atoms with van der Waals surface area (Å²) < 4.78 is 1.83. The average molecular weight is 349 g/mol. The molecule has 0 aliphatic heterocycles. The van der Waals surface area contributed by atoms with Gasteiger partial charge in [-0.05, 0) is 68.4 Å². The maximum Gasteiger partial charge on any atom is 0.316 e. The normalized spacial score (nSPS) is 10.4. The molecule has 1 heterocycles. The Hall–Kier alpha value is -3.61. The molecule has 0 radical (unpaired) electrons. The van der Waals surface area contributed by atoms with Crippen LogP contribution in [0.25, 0.3) is 5.69 Å². The molecule has 0 aliphatic carbocycles. The van der Waals surface area contributed by atoms with Crippen molar-refractivity contribution in [1.29, 1.82) is 0 Å². The van der Waals surface area contributed by atoms with Crippen LogP contribution in [0.15, 0.2) is 54.6 Å². The number of hydrogen-bond acceptors (Lipinski definition) is 3. The zero-order valence-electron chi connectivity index (χ0n) is 14.5. The van der Waals surface area contributed by atoms with Crippen molar-refractivity contribution >= 4 is 23.3 Å². The standard InChI is InChI=1S/C19H19N5O2/c1-12-11-13(2)24(23-12)17-9-3-14(4-10-17)18(25)21-15-5-7-16(8-6-15)22-19(20)26/h3-11H,1-2H3,(H,21,25)(H3,20,22,26). The van der Waals surface area contributed by atoms with Crippen molar-refractivity contribution in [2.45, 2.75) is 13.8 Å². The first-order valence-electron chi connectivity index (χ1n) is 8.04. The fourth-order valence-corrected chi connectivity index (χ4v) is 2.63. The molecule has 3 amide bonds. The number of aromatic nitrogens is 2. The number of aryl methyl sites for hydroxylation is 2. The van der Waals surface area contributed by atoms with E-state index in [4.69, 9.17) is 5.73 Å². The molecule has 0 atom stereocenters. The number of amides is 3. The molecule has 3 aromatic rings. The van der Waals surface area contributed by atoms with E-state index >= 15 is 0 Å². The van der Waals surface area contributed by atoms with Gasteiger partial charge in [-0.3, -0.25) is 4.79 Å². The van der Waals surface area contributed by atoms with Crippen LogP contribution in [0.1, 0.15) is 21.7 Å². The zero-order valence-corrected chi connectivity index (χ0v) is 14.5. The predicted molar refractivity (Wildman–Crippen MR) is 101 cm³/mol. The number of urea groups is 1. The minimum Gasteiger partial charge on any atom is -0.351 e. The Balaban J connectivity index is 1.70. The van der Waals surface area contributed by atoms with Crippen molar-refractivity contribution in [2.75, 3.05) is 10.6 Å². The molecule has 7 heteroatoms. The molecule has 0 saturated heterocycles. The highest BCUT2D eigenvalue weighted by Crippen LogP contribution is 2.16. The Labute approximate surface area is 150 Å². The van der Waals surface area contributed by atoms with Crippen molar-refractivity contribution in [3.63, 3.8) is 0 Å². The van der Waals surface area contributed by atoms with E-state index < -0.39 is 6.03 Å². The number of primary amides is 1. The molecule has 0 aliphatic rings. The molecule has 0 bridgehead atoms. The van der Waals surface area contributed by atoms with Gasteiger partial charge in [0.2, 0.25) is 0 Å². The van der Waals surface area contributed by atoms with Crippen molar-refractivity contribution in [3.05, 3.63) is 71.5 Å². The van der Waals surface area contributed by atoms with E-state index in [0.717, 1.165) is 17.1 Å². The third-order valence-corrected chi connectivity index (χ3v) is 3.79. The summed E-state index contributed by atoms with van der Waals surface area (Å²) in [4.78, 5) is 23.2. The van der Waals surface area contributed by atoms with Gasteiger partial charge in [0, 0.05) is 22.6 Å². The highest BCUT2D eigenvalue weighted by molar-refractivity contribution is 6.04. The van der Waals surface area contributed by atoms with Gasteiger partial charge in [-0.15, -0.1) is 0 Å². The summed E-state index contributed by atoms with van der Waals surface area (Å²) in [6.07, 6.45) is 0. The number of rotatable bonds is 4. The topological polar surface area (TPSA) is 102 Å². The predicted octanol–water partition coefficient (Wildman–Crippen LogP) is 3.23. The van der Waals surface area contributed by atoms with E-state index in [1.54, 1.807) is 36.4 Å². The van der Waals surface area contributed by atoms with Gasteiger partial charge in [-0.2, -0.15) is 5.10 Å². The molecule has 4 N–H and O–H groups in total. The first kappa shape index (κ1) is 17.2. The Bertz CT molecular complexity index is 943. The van der Waals surface area contributed by atoms with Crippen molar-refractivity contribution < 1.29 is 9.59 Å². The molecule has 132 valence electrons. The number of benzene rings is 2. The second-order valence-electron chi connectivity index (χ2n) is 5.91. The van der Waals surface area contributed by atoms with Crippen LogP contribution >= 0.6 is 0 Å². The van der Waals surface area contributed by atoms with Crippen LogP contribution in [0.4, 0.5) is 16.2 Å². The van der Waals surface area contributed by atoms with Gasteiger partial charge in [0.1, 0.15) is 0 Å². The van der Waals surface area contributed by atoms with Crippen LogP contribution in [-0.4, -0.2) is 21.7 Å². The summed E-state index contributed by atoms with van der Waals surface area (Å²) in [5.74, 6) is -0.222. The number of anilines is 2. The van der Waals surface area contributed by atoms with Crippen molar-refractivity contribution in [3.8, 4) is 5.69 Å². The maximum absolute atomic E-state index is 12.4. The Kier molecular flexibility index (Phi) is 4.70. The van der Waals surface area contributed by atoms with Gasteiger partial charge >= 0.3 is 6.03 Å². The second kappa shape index (κ2) is 7.10. The van der Waals surface area contributed by atoms with Crippen LogP contribution in [0.2, 0.25) is 0 Å². The lowest BCUT2D eigenvalue weighted by molar-refractivity contribution is 0.102. The van der Waals surface area contributed by atoms with Gasteiger partial charge in [0.05, 0.1) is 11.4 Å². The number of carbonyl (C=O) groups excluding carboxylic acids is 2. The minimum absolute atomic E-state index is 0.222. The summed E-state index contributed by atoms with van der Waals surface area (Å²) in [6, 6.07) is 15.3. The lowest BCUT2D eigenvalue weighted by Gasteiger charge is -2.08. The van der Waals surface area contributed by atoms with E-state index in [9.17, 15) is 9.59 Å². The largest absolute Gasteiger partial charge is 0.351 e. The monoisotopic (exact) mass is 349 g/mol. The van der Waals surface area contributed by atoms with E-state index in [1.807, 2.05) is 36.7 Å². The van der Waals surface area contributed by atoms with E-state index in [-0.39, 0.29) is 5.91 Å². The minimum atomic E-state index is -0.635. The van der Waals surface area contributed by atoms with Gasteiger partial charge in [-0.1, -0.05) is 0 Å². The molecule has 2 aromatic carbocycles. The molecule has 7 nitrogen and oxygen atoms in total. The first-order valence-corrected chi connectivity index (χ1v) is 8.04. The smallest absolute Gasteiger partial charge is 0.316 e. The van der Waals surface area contributed by atoms with Crippen LogP contribution in [0, 0.1) is 13.8 Å². The zero-order chi connectivity index (χ0) is 18.7. The van der Waals surface area contributed by atoms with Crippen LogP contribution in [0.3, 0.4) is 0 Å². The van der Waals surface area contributed by atoms with E-state index in [1.165, 1.54) is 0 Å². The molecule has 0 unspecified atom stereocenters. The van der Waals surface area contributed by atoms with E-state index in [2.05, 4.69) is 15.7 Å².